The highest BCUT2D eigenvalue weighted by molar-refractivity contribution is 8.00. The van der Waals surface area contributed by atoms with Crippen LogP contribution in [0.1, 0.15) is 5.56 Å². The first-order valence-corrected chi connectivity index (χ1v) is 8.14. The average Bonchev–Trinajstić information content (AvgIpc) is 2.56. The number of benzene rings is 2. The van der Waals surface area contributed by atoms with Crippen LogP contribution in [-0.4, -0.2) is 16.6 Å². The van der Waals surface area contributed by atoms with Crippen LogP contribution in [0.2, 0.25) is 0 Å². The number of carbonyl (C=O) groups excluding carboxylic acids is 1. The lowest BCUT2D eigenvalue weighted by Crippen LogP contribution is -2.14. The van der Waals surface area contributed by atoms with E-state index in [9.17, 15) is 9.18 Å². The smallest absolute Gasteiger partial charge is 0.234 e. The Hall–Kier alpha value is -2.40. The highest BCUT2D eigenvalue weighted by atomic mass is 32.2. The zero-order valence-corrected chi connectivity index (χ0v) is 13.4. The molecule has 1 N–H and O–H groups in total. The molecule has 2 aromatic carbocycles. The van der Waals surface area contributed by atoms with Crippen LogP contribution in [0.25, 0.3) is 10.9 Å². The summed E-state index contributed by atoms with van der Waals surface area (Å²) >= 11 is 1.42. The fourth-order valence-electron chi connectivity index (χ4n) is 2.20. The summed E-state index contributed by atoms with van der Waals surface area (Å²) in [7, 11) is 0. The quantitative estimate of drug-likeness (QED) is 0.722. The van der Waals surface area contributed by atoms with E-state index in [1.54, 1.807) is 25.3 Å². The number of carbonyl (C=O) groups is 1. The molecule has 0 atom stereocenters. The third-order valence-electron chi connectivity index (χ3n) is 3.41. The van der Waals surface area contributed by atoms with Gasteiger partial charge in [0.05, 0.1) is 11.3 Å². The predicted octanol–water partition coefficient (Wildman–Crippen LogP) is 4.41. The largest absolute Gasteiger partial charge is 0.325 e. The van der Waals surface area contributed by atoms with Crippen LogP contribution in [0.5, 0.6) is 0 Å². The second-order valence-corrected chi connectivity index (χ2v) is 6.15. The Morgan fingerprint density at radius 2 is 2.04 bits per heavy atom. The molecule has 0 bridgehead atoms. The van der Waals surface area contributed by atoms with Crippen molar-refractivity contribution >= 4 is 34.3 Å². The maximum absolute atomic E-state index is 13.5. The van der Waals surface area contributed by atoms with Crippen LogP contribution in [0.15, 0.2) is 59.6 Å². The van der Waals surface area contributed by atoms with Crippen molar-refractivity contribution in [1.82, 2.24) is 4.98 Å². The van der Waals surface area contributed by atoms with Crippen LogP contribution in [0, 0.1) is 12.7 Å². The Morgan fingerprint density at radius 3 is 2.87 bits per heavy atom. The Labute approximate surface area is 137 Å². The molecule has 23 heavy (non-hydrogen) atoms. The number of nitrogens with zero attached hydrogens (tertiary/aromatic N) is 1. The lowest BCUT2D eigenvalue weighted by atomic mass is 10.2. The number of para-hydroxylation sites is 1. The molecule has 3 rings (SSSR count). The molecule has 0 saturated carbocycles. The van der Waals surface area contributed by atoms with E-state index in [0.717, 1.165) is 15.8 Å². The molecule has 3 aromatic rings. The highest BCUT2D eigenvalue weighted by Gasteiger charge is 2.08. The van der Waals surface area contributed by atoms with Gasteiger partial charge in [-0.2, -0.15) is 0 Å². The van der Waals surface area contributed by atoms with Crippen molar-refractivity contribution in [3.8, 4) is 0 Å². The predicted molar refractivity (Wildman–Crippen MR) is 92.2 cm³/mol. The van der Waals surface area contributed by atoms with E-state index < -0.39 is 0 Å². The second kappa shape index (κ2) is 6.79. The Morgan fingerprint density at radius 1 is 1.22 bits per heavy atom. The van der Waals surface area contributed by atoms with Gasteiger partial charge < -0.3 is 5.32 Å². The first-order valence-electron chi connectivity index (χ1n) is 7.16. The summed E-state index contributed by atoms with van der Waals surface area (Å²) in [6.07, 6.45) is 1.74. The molecule has 3 nitrogen and oxygen atoms in total. The summed E-state index contributed by atoms with van der Waals surface area (Å²) in [4.78, 5) is 17.4. The van der Waals surface area contributed by atoms with Gasteiger partial charge in [-0.1, -0.05) is 24.3 Å². The van der Waals surface area contributed by atoms with Gasteiger partial charge in [0.15, 0.2) is 0 Å². The Kier molecular flexibility index (Phi) is 4.57. The molecule has 1 heterocycles. The van der Waals surface area contributed by atoms with Gasteiger partial charge >= 0.3 is 0 Å². The minimum Gasteiger partial charge on any atom is -0.325 e. The molecule has 0 unspecified atom stereocenters. The van der Waals surface area contributed by atoms with E-state index in [1.165, 1.54) is 17.8 Å². The van der Waals surface area contributed by atoms with Gasteiger partial charge in [-0.15, -0.1) is 11.8 Å². The fraction of sp³-hybridized carbons (Fsp3) is 0.111. The number of aryl methyl sites for hydroxylation is 1. The Balaban J connectivity index is 1.67. The zero-order chi connectivity index (χ0) is 16.2. The van der Waals surface area contributed by atoms with E-state index >= 15 is 0 Å². The van der Waals surface area contributed by atoms with Crippen molar-refractivity contribution < 1.29 is 9.18 Å². The fourth-order valence-corrected chi connectivity index (χ4v) is 3.04. The number of amides is 1. The highest BCUT2D eigenvalue weighted by Crippen LogP contribution is 2.26. The number of fused-ring (bicyclic) bond motifs is 1. The Bertz CT molecular complexity index is 861. The molecule has 1 amide bonds. The van der Waals surface area contributed by atoms with Crippen molar-refractivity contribution in [2.75, 3.05) is 11.1 Å². The molecule has 0 aliphatic heterocycles. The van der Waals surface area contributed by atoms with Gasteiger partial charge in [0.25, 0.3) is 0 Å². The van der Waals surface area contributed by atoms with Crippen molar-refractivity contribution in [3.63, 3.8) is 0 Å². The number of pyridine rings is 1. The topological polar surface area (TPSA) is 42.0 Å². The number of thioether (sulfide) groups is 1. The molecule has 0 spiro atoms. The number of anilines is 1. The number of rotatable bonds is 4. The number of hydrogen-bond donors (Lipinski definition) is 1. The zero-order valence-electron chi connectivity index (χ0n) is 12.5. The SMILES string of the molecule is Cc1ccc(NC(=O)CSc2cccc3cccnc23)cc1F. The van der Waals surface area contributed by atoms with Gasteiger partial charge in [0, 0.05) is 22.2 Å². The molecule has 0 saturated heterocycles. The van der Waals surface area contributed by atoms with Gasteiger partial charge in [-0.25, -0.2) is 4.39 Å². The minimum atomic E-state index is -0.325. The maximum atomic E-state index is 13.5. The standard InChI is InChI=1S/C18H15FN2OS/c1-12-7-8-14(10-15(12)19)21-17(22)11-23-16-6-2-4-13-5-3-9-20-18(13)16/h2-10H,11H2,1H3,(H,21,22). The average molecular weight is 326 g/mol. The van der Waals surface area contributed by atoms with Crippen LogP contribution in [0.4, 0.5) is 10.1 Å². The summed E-state index contributed by atoms with van der Waals surface area (Å²) in [5.41, 5.74) is 1.91. The van der Waals surface area contributed by atoms with E-state index in [4.69, 9.17) is 0 Å². The first kappa shape index (κ1) is 15.5. The molecule has 5 heteroatoms. The van der Waals surface area contributed by atoms with Crippen LogP contribution < -0.4 is 5.32 Å². The minimum absolute atomic E-state index is 0.175. The molecular weight excluding hydrogens is 311 g/mol. The number of halogens is 1. The van der Waals surface area contributed by atoms with Crippen LogP contribution >= 0.6 is 11.8 Å². The second-order valence-electron chi connectivity index (χ2n) is 5.13. The normalized spacial score (nSPS) is 10.7. The molecule has 0 aliphatic carbocycles. The molecule has 116 valence electrons. The summed E-state index contributed by atoms with van der Waals surface area (Å²) in [5, 5.41) is 3.75. The number of hydrogen-bond acceptors (Lipinski definition) is 3. The van der Waals surface area contributed by atoms with Gasteiger partial charge in [-0.3, -0.25) is 9.78 Å². The van der Waals surface area contributed by atoms with Crippen molar-refractivity contribution in [2.45, 2.75) is 11.8 Å². The van der Waals surface area contributed by atoms with Crippen LogP contribution in [0.3, 0.4) is 0 Å². The van der Waals surface area contributed by atoms with Gasteiger partial charge in [0.1, 0.15) is 5.82 Å². The lowest BCUT2D eigenvalue weighted by molar-refractivity contribution is -0.113. The molecule has 0 radical (unpaired) electrons. The monoisotopic (exact) mass is 326 g/mol. The van der Waals surface area contributed by atoms with Gasteiger partial charge in [-0.05, 0) is 36.8 Å². The van der Waals surface area contributed by atoms with E-state index in [0.29, 0.717) is 11.3 Å². The molecule has 0 aliphatic rings. The van der Waals surface area contributed by atoms with Crippen molar-refractivity contribution in [3.05, 3.63) is 66.1 Å². The first-order chi connectivity index (χ1) is 11.1. The maximum Gasteiger partial charge on any atom is 0.234 e. The number of nitrogens with one attached hydrogen (secondary N) is 1. The summed E-state index contributed by atoms with van der Waals surface area (Å²) in [6, 6.07) is 14.4. The summed E-state index contributed by atoms with van der Waals surface area (Å²) < 4.78 is 13.5. The third kappa shape index (κ3) is 3.68. The van der Waals surface area contributed by atoms with E-state index in [-0.39, 0.29) is 17.5 Å². The molecular formula is C18H15FN2OS. The van der Waals surface area contributed by atoms with Gasteiger partial charge in [0.2, 0.25) is 5.91 Å². The molecule has 1 aromatic heterocycles. The lowest BCUT2D eigenvalue weighted by Gasteiger charge is -2.07. The van der Waals surface area contributed by atoms with Crippen LogP contribution in [-0.2, 0) is 4.79 Å². The number of aromatic nitrogens is 1. The van der Waals surface area contributed by atoms with E-state index in [1.807, 2.05) is 30.3 Å². The van der Waals surface area contributed by atoms with E-state index in [2.05, 4.69) is 10.3 Å². The third-order valence-corrected chi connectivity index (χ3v) is 4.46. The molecule has 0 fully saturated rings. The van der Waals surface area contributed by atoms with Crippen molar-refractivity contribution in [1.29, 1.82) is 0 Å². The van der Waals surface area contributed by atoms with Crippen molar-refractivity contribution in [2.24, 2.45) is 0 Å². The summed E-state index contributed by atoms with van der Waals surface area (Å²) in [5.74, 6) is -0.259. The summed E-state index contributed by atoms with van der Waals surface area (Å²) in [6.45, 7) is 1.68.